The van der Waals surface area contributed by atoms with Gasteiger partial charge in [0.15, 0.2) is 0 Å². The van der Waals surface area contributed by atoms with Crippen molar-refractivity contribution in [3.8, 4) is 0 Å². The van der Waals surface area contributed by atoms with Crippen LogP contribution >= 0.6 is 0 Å². The fourth-order valence-electron chi connectivity index (χ4n) is 2.82. The van der Waals surface area contributed by atoms with E-state index >= 15 is 0 Å². The molecule has 0 amide bonds. The van der Waals surface area contributed by atoms with Gasteiger partial charge in [-0.25, -0.2) is 0 Å². The number of pyridine rings is 1. The molecule has 0 spiro atoms. The summed E-state index contributed by atoms with van der Waals surface area (Å²) in [6.45, 7) is 3.22. The van der Waals surface area contributed by atoms with E-state index in [4.69, 9.17) is 0 Å². The Morgan fingerprint density at radius 2 is 1.84 bits per heavy atom. The van der Waals surface area contributed by atoms with Gasteiger partial charge in [0.2, 0.25) is 0 Å². The summed E-state index contributed by atoms with van der Waals surface area (Å²) in [5.74, 6) is 0. The summed E-state index contributed by atoms with van der Waals surface area (Å²) in [7, 11) is 2.19. The molecule has 3 nitrogen and oxygen atoms in total. The minimum atomic E-state index is 0.761. The molecule has 106 valence electrons. The first-order chi connectivity index (χ1) is 9.34. The summed E-state index contributed by atoms with van der Waals surface area (Å²) in [5, 5.41) is 3.72. The van der Waals surface area contributed by atoms with Crippen molar-refractivity contribution in [3.05, 3.63) is 30.1 Å². The summed E-state index contributed by atoms with van der Waals surface area (Å²) >= 11 is 0. The molecule has 1 aromatic heterocycles. The molecule has 0 radical (unpaired) electrons. The number of hydrogen-bond donors (Lipinski definition) is 1. The van der Waals surface area contributed by atoms with Crippen LogP contribution < -0.4 is 5.32 Å². The van der Waals surface area contributed by atoms with Gasteiger partial charge >= 0.3 is 0 Å². The van der Waals surface area contributed by atoms with Crippen molar-refractivity contribution in [3.63, 3.8) is 0 Å². The van der Waals surface area contributed by atoms with Gasteiger partial charge in [-0.15, -0.1) is 0 Å². The molecule has 1 N–H and O–H groups in total. The van der Waals surface area contributed by atoms with Crippen LogP contribution in [0.5, 0.6) is 0 Å². The Kier molecular flexibility index (Phi) is 6.31. The van der Waals surface area contributed by atoms with Gasteiger partial charge in [-0.3, -0.25) is 4.98 Å². The molecule has 1 fully saturated rings. The normalized spacial score (nSPS) is 17.6. The van der Waals surface area contributed by atoms with Crippen LogP contribution in [0, 0.1) is 0 Å². The molecule has 19 heavy (non-hydrogen) atoms. The predicted octanol–water partition coefficient (Wildman–Crippen LogP) is 2.83. The third-order valence-corrected chi connectivity index (χ3v) is 3.98. The third-order valence-electron chi connectivity index (χ3n) is 3.98. The zero-order chi connectivity index (χ0) is 13.3. The van der Waals surface area contributed by atoms with Gasteiger partial charge in [-0.05, 0) is 37.6 Å². The van der Waals surface area contributed by atoms with E-state index in [9.17, 15) is 0 Å². The Hall–Kier alpha value is -0.930. The summed E-state index contributed by atoms with van der Waals surface area (Å²) < 4.78 is 0. The zero-order valence-corrected chi connectivity index (χ0v) is 12.1. The van der Waals surface area contributed by atoms with Crippen LogP contribution in [0.2, 0.25) is 0 Å². The third kappa shape index (κ3) is 5.70. The van der Waals surface area contributed by atoms with Gasteiger partial charge in [0.05, 0.1) is 0 Å². The summed E-state index contributed by atoms with van der Waals surface area (Å²) in [4.78, 5) is 6.43. The molecule has 1 aromatic rings. The molecule has 0 saturated heterocycles. The van der Waals surface area contributed by atoms with Crippen LogP contribution in [-0.4, -0.2) is 36.1 Å². The SMILES string of the molecule is CN(CCNC1CCCCCC1)Cc1ccncc1. The maximum absolute atomic E-state index is 4.05. The van der Waals surface area contributed by atoms with Crippen molar-refractivity contribution in [1.29, 1.82) is 0 Å². The number of nitrogens with zero attached hydrogens (tertiary/aromatic N) is 2. The van der Waals surface area contributed by atoms with Crippen molar-refractivity contribution in [2.45, 2.75) is 51.1 Å². The molecular weight excluding hydrogens is 234 g/mol. The van der Waals surface area contributed by atoms with E-state index in [1.807, 2.05) is 12.4 Å². The quantitative estimate of drug-likeness (QED) is 0.798. The highest BCUT2D eigenvalue weighted by molar-refractivity contribution is 5.09. The molecular formula is C16H27N3. The van der Waals surface area contributed by atoms with Crippen molar-refractivity contribution in [1.82, 2.24) is 15.2 Å². The van der Waals surface area contributed by atoms with Gasteiger partial charge in [-0.2, -0.15) is 0 Å². The summed E-state index contributed by atoms with van der Waals surface area (Å²) in [5.41, 5.74) is 1.34. The van der Waals surface area contributed by atoms with Crippen molar-refractivity contribution in [2.24, 2.45) is 0 Å². The van der Waals surface area contributed by atoms with E-state index in [2.05, 4.69) is 34.4 Å². The molecule has 0 aromatic carbocycles. The topological polar surface area (TPSA) is 28.2 Å². The smallest absolute Gasteiger partial charge is 0.0271 e. The lowest BCUT2D eigenvalue weighted by Gasteiger charge is -2.20. The van der Waals surface area contributed by atoms with Gasteiger partial charge in [0.1, 0.15) is 0 Å². The Bertz CT molecular complexity index is 331. The molecule has 1 aliphatic rings. The van der Waals surface area contributed by atoms with E-state index < -0.39 is 0 Å². The molecule has 1 aliphatic carbocycles. The Morgan fingerprint density at radius 1 is 1.16 bits per heavy atom. The second-order valence-electron chi connectivity index (χ2n) is 5.74. The molecule has 1 saturated carbocycles. The van der Waals surface area contributed by atoms with Crippen LogP contribution in [0.3, 0.4) is 0 Å². The predicted molar refractivity (Wildman–Crippen MR) is 80.1 cm³/mol. The zero-order valence-electron chi connectivity index (χ0n) is 12.1. The van der Waals surface area contributed by atoms with Gasteiger partial charge in [0, 0.05) is 38.1 Å². The van der Waals surface area contributed by atoms with Crippen LogP contribution in [0.25, 0.3) is 0 Å². The number of nitrogens with one attached hydrogen (secondary N) is 1. The Morgan fingerprint density at radius 3 is 2.53 bits per heavy atom. The monoisotopic (exact) mass is 261 g/mol. The molecule has 0 unspecified atom stereocenters. The molecule has 0 atom stereocenters. The summed E-state index contributed by atoms with van der Waals surface area (Å²) in [6, 6.07) is 4.95. The van der Waals surface area contributed by atoms with Gasteiger partial charge in [-0.1, -0.05) is 25.7 Å². The lowest BCUT2D eigenvalue weighted by Crippen LogP contribution is -2.35. The fourth-order valence-corrected chi connectivity index (χ4v) is 2.82. The number of rotatable bonds is 6. The highest BCUT2D eigenvalue weighted by Gasteiger charge is 2.11. The largest absolute Gasteiger partial charge is 0.313 e. The molecule has 2 rings (SSSR count). The van der Waals surface area contributed by atoms with Crippen molar-refractivity contribution >= 4 is 0 Å². The lowest BCUT2D eigenvalue weighted by molar-refractivity contribution is 0.312. The van der Waals surface area contributed by atoms with E-state index in [1.165, 1.54) is 44.1 Å². The van der Waals surface area contributed by atoms with Crippen molar-refractivity contribution < 1.29 is 0 Å². The fraction of sp³-hybridized carbons (Fsp3) is 0.688. The first kappa shape index (κ1) is 14.5. The molecule has 0 bridgehead atoms. The molecule has 3 heteroatoms. The van der Waals surface area contributed by atoms with E-state index in [0.717, 1.165) is 25.7 Å². The first-order valence-electron chi connectivity index (χ1n) is 7.65. The summed E-state index contributed by atoms with van der Waals surface area (Å²) in [6.07, 6.45) is 12.2. The van der Waals surface area contributed by atoms with Crippen LogP contribution in [0.1, 0.15) is 44.1 Å². The first-order valence-corrected chi connectivity index (χ1v) is 7.65. The average Bonchev–Trinajstić information content (AvgIpc) is 2.68. The standard InChI is InChI=1S/C16H27N3/c1-19(14-15-8-10-17-11-9-15)13-12-18-16-6-4-2-3-5-7-16/h8-11,16,18H,2-7,12-14H2,1H3. The molecule has 0 aliphatic heterocycles. The average molecular weight is 261 g/mol. The lowest BCUT2D eigenvalue weighted by atomic mass is 10.1. The number of aromatic nitrogens is 1. The van der Waals surface area contributed by atoms with Crippen LogP contribution in [0.4, 0.5) is 0 Å². The van der Waals surface area contributed by atoms with E-state index in [1.54, 1.807) is 0 Å². The van der Waals surface area contributed by atoms with Gasteiger partial charge in [0.25, 0.3) is 0 Å². The highest BCUT2D eigenvalue weighted by Crippen LogP contribution is 2.16. The molecule has 1 heterocycles. The Balaban J connectivity index is 1.62. The number of hydrogen-bond acceptors (Lipinski definition) is 3. The maximum Gasteiger partial charge on any atom is 0.0271 e. The Labute approximate surface area is 117 Å². The second kappa shape index (κ2) is 8.28. The maximum atomic E-state index is 4.05. The van der Waals surface area contributed by atoms with Crippen LogP contribution in [0.15, 0.2) is 24.5 Å². The van der Waals surface area contributed by atoms with Crippen molar-refractivity contribution in [2.75, 3.05) is 20.1 Å². The van der Waals surface area contributed by atoms with Crippen LogP contribution in [-0.2, 0) is 6.54 Å². The minimum absolute atomic E-state index is 0.761. The minimum Gasteiger partial charge on any atom is -0.313 e. The van der Waals surface area contributed by atoms with Gasteiger partial charge < -0.3 is 10.2 Å². The highest BCUT2D eigenvalue weighted by atomic mass is 15.1. The van der Waals surface area contributed by atoms with E-state index in [0.29, 0.717) is 0 Å². The number of likely N-dealkylation sites (N-methyl/N-ethyl adjacent to an activating group) is 1. The van der Waals surface area contributed by atoms with E-state index in [-0.39, 0.29) is 0 Å². The second-order valence-corrected chi connectivity index (χ2v) is 5.74.